The smallest absolute Gasteiger partial charge is 0.197 e. The predicted molar refractivity (Wildman–Crippen MR) is 110 cm³/mol. The van der Waals surface area contributed by atoms with Crippen LogP contribution in [0.2, 0.25) is 10.0 Å². The van der Waals surface area contributed by atoms with Gasteiger partial charge in [0.25, 0.3) is 0 Å². The van der Waals surface area contributed by atoms with Crippen LogP contribution in [0.5, 0.6) is 11.5 Å². The quantitative estimate of drug-likeness (QED) is 0.442. The van der Waals surface area contributed by atoms with Gasteiger partial charge in [-0.05, 0) is 17.7 Å². The number of ether oxygens (including phenoxy) is 1. The number of phenols is 1. The van der Waals surface area contributed by atoms with Crippen LogP contribution in [0.15, 0.2) is 75.9 Å². The number of benzene rings is 3. The van der Waals surface area contributed by atoms with Crippen molar-refractivity contribution in [2.75, 3.05) is 0 Å². The third-order valence-electron chi connectivity index (χ3n) is 4.23. The van der Waals surface area contributed by atoms with Gasteiger partial charge < -0.3 is 14.3 Å². The minimum Gasteiger partial charge on any atom is -0.507 e. The summed E-state index contributed by atoms with van der Waals surface area (Å²) in [4.78, 5) is 12.5. The largest absolute Gasteiger partial charge is 0.507 e. The molecular formula is C22H14Cl2O4. The topological polar surface area (TPSA) is 59.7 Å². The molecule has 3 aromatic carbocycles. The molecule has 4 rings (SSSR count). The van der Waals surface area contributed by atoms with Crippen LogP contribution in [0.25, 0.3) is 22.3 Å². The molecule has 1 heterocycles. The van der Waals surface area contributed by atoms with E-state index in [2.05, 4.69) is 0 Å². The Labute approximate surface area is 170 Å². The first-order chi connectivity index (χ1) is 13.5. The fourth-order valence-electron chi connectivity index (χ4n) is 2.87. The molecule has 0 bridgehead atoms. The summed E-state index contributed by atoms with van der Waals surface area (Å²) in [5, 5.41) is 11.3. The van der Waals surface area contributed by atoms with Crippen LogP contribution in [-0.4, -0.2) is 5.11 Å². The minimum atomic E-state index is -0.325. The molecule has 0 spiro atoms. The molecule has 0 aliphatic rings. The highest BCUT2D eigenvalue weighted by Gasteiger charge is 2.13. The highest BCUT2D eigenvalue weighted by atomic mass is 35.5. The molecule has 0 unspecified atom stereocenters. The van der Waals surface area contributed by atoms with Crippen molar-refractivity contribution in [2.24, 2.45) is 0 Å². The average molecular weight is 413 g/mol. The monoisotopic (exact) mass is 412 g/mol. The Morgan fingerprint density at radius 2 is 1.71 bits per heavy atom. The predicted octanol–water partition coefficient (Wildman–Crippen LogP) is 6.05. The minimum absolute atomic E-state index is 0.113. The normalized spacial score (nSPS) is 10.9. The molecule has 0 aliphatic heterocycles. The van der Waals surface area contributed by atoms with E-state index in [4.69, 9.17) is 32.4 Å². The fourth-order valence-corrected chi connectivity index (χ4v) is 3.19. The fraction of sp³-hybridized carbons (Fsp3) is 0.0455. The van der Waals surface area contributed by atoms with Crippen LogP contribution in [0.1, 0.15) is 5.56 Å². The number of rotatable bonds is 4. The van der Waals surface area contributed by atoms with Crippen molar-refractivity contribution in [1.29, 1.82) is 0 Å². The van der Waals surface area contributed by atoms with Gasteiger partial charge in [-0.2, -0.15) is 0 Å². The van der Waals surface area contributed by atoms with Crippen LogP contribution in [0, 0.1) is 0 Å². The van der Waals surface area contributed by atoms with Crippen molar-refractivity contribution in [2.45, 2.75) is 6.61 Å². The third kappa shape index (κ3) is 3.70. The lowest BCUT2D eigenvalue weighted by molar-refractivity contribution is 0.304. The van der Waals surface area contributed by atoms with Gasteiger partial charge in [0, 0.05) is 23.8 Å². The van der Waals surface area contributed by atoms with Crippen LogP contribution >= 0.6 is 23.2 Å². The summed E-state index contributed by atoms with van der Waals surface area (Å²) in [6, 6.07) is 18.8. The zero-order chi connectivity index (χ0) is 19.7. The Morgan fingerprint density at radius 3 is 2.46 bits per heavy atom. The summed E-state index contributed by atoms with van der Waals surface area (Å²) < 4.78 is 11.6. The lowest BCUT2D eigenvalue weighted by Gasteiger charge is -2.10. The molecule has 0 radical (unpaired) electrons. The second kappa shape index (κ2) is 7.58. The zero-order valence-corrected chi connectivity index (χ0v) is 16.0. The summed E-state index contributed by atoms with van der Waals surface area (Å²) in [5.41, 5.74) is 1.50. The van der Waals surface area contributed by atoms with E-state index in [-0.39, 0.29) is 28.8 Å². The summed E-state index contributed by atoms with van der Waals surface area (Å²) in [5.74, 6) is 0.582. The first kappa shape index (κ1) is 18.4. The van der Waals surface area contributed by atoms with Crippen molar-refractivity contribution < 1.29 is 14.3 Å². The zero-order valence-electron chi connectivity index (χ0n) is 14.5. The molecule has 0 atom stereocenters. The van der Waals surface area contributed by atoms with Gasteiger partial charge in [0.1, 0.15) is 34.8 Å². The van der Waals surface area contributed by atoms with E-state index in [1.165, 1.54) is 12.1 Å². The molecule has 28 heavy (non-hydrogen) atoms. The molecule has 1 aromatic heterocycles. The summed E-state index contributed by atoms with van der Waals surface area (Å²) in [6.45, 7) is 0.213. The standard InChI is InChI=1S/C22H14Cl2O4/c23-16-7-6-13(8-17(16)24)12-27-15-9-18(25)22-19(26)11-20(28-21(22)10-15)14-4-2-1-3-5-14/h1-11,25H,12H2. The summed E-state index contributed by atoms with van der Waals surface area (Å²) in [6.07, 6.45) is 0. The number of fused-ring (bicyclic) bond motifs is 1. The van der Waals surface area contributed by atoms with E-state index >= 15 is 0 Å². The van der Waals surface area contributed by atoms with E-state index in [0.717, 1.165) is 11.1 Å². The molecule has 6 heteroatoms. The Morgan fingerprint density at radius 1 is 0.929 bits per heavy atom. The molecule has 0 saturated carbocycles. The van der Waals surface area contributed by atoms with Gasteiger partial charge in [-0.1, -0.05) is 59.6 Å². The maximum atomic E-state index is 12.5. The number of hydrogen-bond donors (Lipinski definition) is 1. The lowest BCUT2D eigenvalue weighted by Crippen LogP contribution is -2.02. The molecule has 4 nitrogen and oxygen atoms in total. The number of hydrogen-bond acceptors (Lipinski definition) is 4. The van der Waals surface area contributed by atoms with Crippen LogP contribution < -0.4 is 10.2 Å². The highest BCUT2D eigenvalue weighted by molar-refractivity contribution is 6.42. The van der Waals surface area contributed by atoms with Crippen molar-refractivity contribution in [3.63, 3.8) is 0 Å². The second-order valence-corrected chi connectivity index (χ2v) is 7.01. The first-order valence-electron chi connectivity index (χ1n) is 8.44. The summed E-state index contributed by atoms with van der Waals surface area (Å²) >= 11 is 11.9. The third-order valence-corrected chi connectivity index (χ3v) is 4.97. The molecule has 0 fully saturated rings. The van der Waals surface area contributed by atoms with E-state index in [1.807, 2.05) is 30.3 Å². The second-order valence-electron chi connectivity index (χ2n) is 6.19. The van der Waals surface area contributed by atoms with Crippen molar-refractivity contribution >= 4 is 34.2 Å². The van der Waals surface area contributed by atoms with Crippen molar-refractivity contribution in [3.8, 4) is 22.8 Å². The highest BCUT2D eigenvalue weighted by Crippen LogP contribution is 2.31. The SMILES string of the molecule is O=c1cc(-c2ccccc2)oc2cc(OCc3ccc(Cl)c(Cl)c3)cc(O)c12. The van der Waals surface area contributed by atoms with Gasteiger partial charge in [-0.15, -0.1) is 0 Å². The summed E-state index contributed by atoms with van der Waals surface area (Å²) in [7, 11) is 0. The number of phenolic OH excluding ortho intramolecular Hbond substituents is 1. The Kier molecular flexibility index (Phi) is 4.99. The van der Waals surface area contributed by atoms with Gasteiger partial charge in [-0.25, -0.2) is 0 Å². The van der Waals surface area contributed by atoms with E-state index in [9.17, 15) is 9.90 Å². The van der Waals surface area contributed by atoms with Crippen molar-refractivity contribution in [1.82, 2.24) is 0 Å². The van der Waals surface area contributed by atoms with Gasteiger partial charge >= 0.3 is 0 Å². The molecule has 4 aromatic rings. The molecule has 140 valence electrons. The van der Waals surface area contributed by atoms with E-state index in [1.54, 1.807) is 24.3 Å². The Bertz CT molecular complexity index is 1220. The molecular weight excluding hydrogens is 399 g/mol. The van der Waals surface area contributed by atoms with Crippen LogP contribution in [0.4, 0.5) is 0 Å². The molecule has 1 N–H and O–H groups in total. The Balaban J connectivity index is 1.70. The molecule has 0 saturated heterocycles. The van der Waals surface area contributed by atoms with Gasteiger partial charge in [0.15, 0.2) is 5.43 Å². The maximum absolute atomic E-state index is 12.5. The van der Waals surface area contributed by atoms with Crippen molar-refractivity contribution in [3.05, 3.63) is 92.6 Å². The first-order valence-corrected chi connectivity index (χ1v) is 9.20. The maximum Gasteiger partial charge on any atom is 0.197 e. The van der Waals surface area contributed by atoms with Crippen LogP contribution in [-0.2, 0) is 6.61 Å². The number of aromatic hydroxyl groups is 1. The van der Waals surface area contributed by atoms with E-state index < -0.39 is 0 Å². The van der Waals surface area contributed by atoms with Gasteiger partial charge in [0.2, 0.25) is 0 Å². The van der Waals surface area contributed by atoms with Gasteiger partial charge in [0.05, 0.1) is 10.0 Å². The number of halogens is 2. The average Bonchev–Trinajstić information content (AvgIpc) is 2.69. The van der Waals surface area contributed by atoms with Gasteiger partial charge in [-0.3, -0.25) is 4.79 Å². The Hall–Kier alpha value is -2.95. The van der Waals surface area contributed by atoms with E-state index in [0.29, 0.717) is 21.6 Å². The van der Waals surface area contributed by atoms with Crippen LogP contribution in [0.3, 0.4) is 0 Å². The lowest BCUT2D eigenvalue weighted by atomic mass is 10.1. The molecule has 0 amide bonds. The molecule has 0 aliphatic carbocycles.